The van der Waals surface area contributed by atoms with Crippen LogP contribution >= 0.6 is 0 Å². The first kappa shape index (κ1) is 25.7. The van der Waals surface area contributed by atoms with Gasteiger partial charge in [0.25, 0.3) is 0 Å². The minimum absolute atomic E-state index is 0.0132. The maximum atomic E-state index is 13.0. The molecule has 7 nitrogen and oxygen atoms in total. The fourth-order valence-corrected chi connectivity index (χ4v) is 4.23. The van der Waals surface area contributed by atoms with Crippen LogP contribution in [0.15, 0.2) is 0 Å². The summed E-state index contributed by atoms with van der Waals surface area (Å²) >= 11 is 0. The van der Waals surface area contributed by atoms with Gasteiger partial charge in [0.05, 0.1) is 18.1 Å². The molecule has 0 aromatic carbocycles. The van der Waals surface area contributed by atoms with E-state index in [0.29, 0.717) is 18.9 Å². The number of carbonyl (C=O) groups is 3. The lowest BCUT2D eigenvalue weighted by Crippen LogP contribution is -2.51. The van der Waals surface area contributed by atoms with Crippen LogP contribution in [-0.2, 0) is 14.4 Å². The zero-order valence-electron chi connectivity index (χ0n) is 18.4. The number of hydrogen-bond donors (Lipinski definition) is 4. The molecule has 0 heterocycles. The Kier molecular flexibility index (Phi) is 11.6. The smallest absolute Gasteiger partial charge is 0.226 e. The summed E-state index contributed by atoms with van der Waals surface area (Å²) in [6.07, 6.45) is 6.31. The third-order valence-electron chi connectivity index (χ3n) is 6.12. The normalized spacial score (nSPS) is 19.4. The third-order valence-corrected chi connectivity index (χ3v) is 6.12. The molecule has 4 atom stereocenters. The van der Waals surface area contributed by atoms with Crippen molar-refractivity contribution in [2.45, 2.75) is 84.3 Å². The van der Waals surface area contributed by atoms with E-state index in [2.05, 4.69) is 5.32 Å². The SMILES string of the molecule is CC(C)C(=O)[C@H](CN)NC(=O)[C@@H](CC(=O)C(CCN)CC1CCCCC1)[C@H](C)O. The molecule has 168 valence electrons. The lowest BCUT2D eigenvalue weighted by molar-refractivity contribution is -0.137. The predicted molar refractivity (Wildman–Crippen MR) is 114 cm³/mol. The van der Waals surface area contributed by atoms with E-state index < -0.39 is 24.0 Å². The summed E-state index contributed by atoms with van der Waals surface area (Å²) in [5.41, 5.74) is 11.4. The molecule has 0 radical (unpaired) electrons. The van der Waals surface area contributed by atoms with Gasteiger partial charge in [-0.25, -0.2) is 0 Å². The molecular formula is C22H41N3O4. The zero-order chi connectivity index (χ0) is 22.0. The van der Waals surface area contributed by atoms with Crippen molar-refractivity contribution in [1.29, 1.82) is 0 Å². The van der Waals surface area contributed by atoms with Gasteiger partial charge in [0.15, 0.2) is 5.78 Å². The molecule has 0 bridgehead atoms. The van der Waals surface area contributed by atoms with Gasteiger partial charge in [0, 0.05) is 24.8 Å². The van der Waals surface area contributed by atoms with E-state index in [0.717, 1.165) is 19.3 Å². The highest BCUT2D eigenvalue weighted by atomic mass is 16.3. The Morgan fingerprint density at radius 2 is 1.69 bits per heavy atom. The first-order chi connectivity index (χ1) is 13.7. The number of hydrogen-bond acceptors (Lipinski definition) is 6. The molecule has 1 saturated carbocycles. The topological polar surface area (TPSA) is 136 Å². The van der Waals surface area contributed by atoms with Gasteiger partial charge in [-0.3, -0.25) is 14.4 Å². The first-order valence-electron chi connectivity index (χ1n) is 11.2. The van der Waals surface area contributed by atoms with Crippen LogP contribution in [0.1, 0.15) is 72.1 Å². The molecule has 7 heteroatoms. The largest absolute Gasteiger partial charge is 0.393 e. The molecule has 0 spiro atoms. The average molecular weight is 412 g/mol. The quantitative estimate of drug-likeness (QED) is 0.363. The summed E-state index contributed by atoms with van der Waals surface area (Å²) in [7, 11) is 0. The van der Waals surface area contributed by atoms with Gasteiger partial charge in [-0.2, -0.15) is 0 Å². The molecule has 1 amide bonds. The van der Waals surface area contributed by atoms with Crippen LogP contribution in [0.4, 0.5) is 0 Å². The lowest BCUT2D eigenvalue weighted by atomic mass is 9.78. The number of Topliss-reactive ketones (excluding diaryl/α,β-unsaturated/α-hetero) is 2. The highest BCUT2D eigenvalue weighted by Crippen LogP contribution is 2.31. The van der Waals surface area contributed by atoms with Crippen molar-refractivity contribution >= 4 is 17.5 Å². The Bertz CT molecular complexity index is 530. The number of carbonyl (C=O) groups excluding carboxylic acids is 3. The van der Waals surface area contributed by atoms with Crippen LogP contribution < -0.4 is 16.8 Å². The van der Waals surface area contributed by atoms with Crippen molar-refractivity contribution in [2.75, 3.05) is 13.1 Å². The monoisotopic (exact) mass is 411 g/mol. The van der Waals surface area contributed by atoms with Gasteiger partial charge in [0.2, 0.25) is 5.91 Å². The van der Waals surface area contributed by atoms with E-state index in [-0.39, 0.29) is 36.4 Å². The van der Waals surface area contributed by atoms with Crippen LogP contribution in [0, 0.1) is 23.7 Å². The number of nitrogens with one attached hydrogen (secondary N) is 1. The highest BCUT2D eigenvalue weighted by Gasteiger charge is 2.33. The third kappa shape index (κ3) is 8.52. The van der Waals surface area contributed by atoms with Crippen molar-refractivity contribution in [3.63, 3.8) is 0 Å². The number of amides is 1. The molecule has 0 aliphatic heterocycles. The maximum absolute atomic E-state index is 13.0. The highest BCUT2D eigenvalue weighted by molar-refractivity contribution is 5.93. The fourth-order valence-electron chi connectivity index (χ4n) is 4.23. The zero-order valence-corrected chi connectivity index (χ0v) is 18.4. The van der Waals surface area contributed by atoms with Crippen molar-refractivity contribution < 1.29 is 19.5 Å². The molecule has 6 N–H and O–H groups in total. The molecule has 1 fully saturated rings. The van der Waals surface area contributed by atoms with E-state index in [1.807, 2.05) is 0 Å². The van der Waals surface area contributed by atoms with E-state index in [9.17, 15) is 19.5 Å². The summed E-state index contributed by atoms with van der Waals surface area (Å²) in [6, 6.07) is -0.805. The van der Waals surface area contributed by atoms with Crippen LogP contribution in [-0.4, -0.2) is 47.8 Å². The summed E-state index contributed by atoms with van der Waals surface area (Å²) in [5, 5.41) is 12.8. The van der Waals surface area contributed by atoms with Gasteiger partial charge in [0.1, 0.15) is 5.78 Å². The van der Waals surface area contributed by atoms with Gasteiger partial charge < -0.3 is 21.9 Å². The predicted octanol–water partition coefficient (Wildman–Crippen LogP) is 1.55. The maximum Gasteiger partial charge on any atom is 0.226 e. The molecule has 0 saturated heterocycles. The van der Waals surface area contributed by atoms with Gasteiger partial charge in [-0.15, -0.1) is 0 Å². The van der Waals surface area contributed by atoms with E-state index in [1.165, 1.54) is 26.2 Å². The van der Waals surface area contributed by atoms with Gasteiger partial charge >= 0.3 is 0 Å². The average Bonchev–Trinajstić information content (AvgIpc) is 2.69. The van der Waals surface area contributed by atoms with E-state index in [4.69, 9.17) is 11.5 Å². The summed E-state index contributed by atoms with van der Waals surface area (Å²) in [6.45, 7) is 5.40. The molecular weight excluding hydrogens is 370 g/mol. The summed E-state index contributed by atoms with van der Waals surface area (Å²) in [5.74, 6) is -1.49. The van der Waals surface area contributed by atoms with Crippen molar-refractivity contribution in [3.05, 3.63) is 0 Å². The van der Waals surface area contributed by atoms with Crippen molar-refractivity contribution in [1.82, 2.24) is 5.32 Å². The lowest BCUT2D eigenvalue weighted by Gasteiger charge is -2.28. The van der Waals surface area contributed by atoms with Crippen LogP contribution in [0.2, 0.25) is 0 Å². The first-order valence-corrected chi connectivity index (χ1v) is 11.2. The molecule has 1 rings (SSSR count). The number of aliphatic hydroxyl groups is 1. The van der Waals surface area contributed by atoms with Crippen LogP contribution in [0.5, 0.6) is 0 Å². The second-order valence-corrected chi connectivity index (χ2v) is 8.89. The molecule has 29 heavy (non-hydrogen) atoms. The number of nitrogens with two attached hydrogens (primary N) is 2. The van der Waals surface area contributed by atoms with Crippen molar-refractivity contribution in [3.8, 4) is 0 Å². The molecule has 0 aromatic heterocycles. The molecule has 1 aliphatic rings. The van der Waals surface area contributed by atoms with E-state index in [1.54, 1.807) is 13.8 Å². The Morgan fingerprint density at radius 1 is 1.07 bits per heavy atom. The summed E-state index contributed by atoms with van der Waals surface area (Å²) in [4.78, 5) is 37.9. The minimum Gasteiger partial charge on any atom is -0.393 e. The minimum atomic E-state index is -1.00. The standard InChI is InChI=1S/C22H41N3O4/c1-14(2)21(28)19(13-24)25-22(29)18(15(3)26)12-20(27)17(9-10-23)11-16-7-5-4-6-8-16/h14-19,26H,4-13,23-24H2,1-3H3,(H,25,29)/t15-,17?,18-,19-/m0/s1. The molecule has 1 unspecified atom stereocenters. The van der Waals surface area contributed by atoms with E-state index >= 15 is 0 Å². The summed E-state index contributed by atoms with van der Waals surface area (Å²) < 4.78 is 0. The van der Waals surface area contributed by atoms with Crippen LogP contribution in [0.3, 0.4) is 0 Å². The Morgan fingerprint density at radius 3 is 2.17 bits per heavy atom. The molecule has 1 aliphatic carbocycles. The second kappa shape index (κ2) is 13.1. The van der Waals surface area contributed by atoms with Gasteiger partial charge in [-0.05, 0) is 32.2 Å². The van der Waals surface area contributed by atoms with Crippen molar-refractivity contribution in [2.24, 2.45) is 35.1 Å². The number of ketones is 2. The second-order valence-electron chi connectivity index (χ2n) is 8.89. The number of aliphatic hydroxyl groups excluding tert-OH is 1. The Labute approximate surface area is 175 Å². The Hall–Kier alpha value is -1.31. The molecule has 0 aromatic rings. The number of rotatable bonds is 13. The van der Waals surface area contributed by atoms with Gasteiger partial charge in [-0.1, -0.05) is 46.0 Å². The van der Waals surface area contributed by atoms with Crippen LogP contribution in [0.25, 0.3) is 0 Å². The fraction of sp³-hybridized carbons (Fsp3) is 0.864. The Balaban J connectivity index is 2.78.